The first-order chi connectivity index (χ1) is 17.5. The number of thioether (sulfide) groups is 1. The zero-order valence-electron chi connectivity index (χ0n) is 20.6. The molecule has 1 saturated heterocycles. The van der Waals surface area contributed by atoms with Gasteiger partial charge >= 0.3 is 6.18 Å². The van der Waals surface area contributed by atoms with Crippen molar-refractivity contribution in [2.75, 3.05) is 44.1 Å². The van der Waals surface area contributed by atoms with E-state index in [1.807, 2.05) is 26.0 Å². The van der Waals surface area contributed by atoms with E-state index in [1.165, 1.54) is 20.3 Å². The maximum absolute atomic E-state index is 13.1. The van der Waals surface area contributed by atoms with Gasteiger partial charge in [0.15, 0.2) is 0 Å². The lowest BCUT2D eigenvalue weighted by molar-refractivity contribution is -0.137. The number of carbonyl (C=O) groups is 3. The number of nitrogens with one attached hydrogen (secondary N) is 1. The minimum Gasteiger partial charge on any atom is -0.496 e. The van der Waals surface area contributed by atoms with E-state index in [1.54, 1.807) is 6.07 Å². The molecule has 0 radical (unpaired) electrons. The molecular weight excluding hydrogens is 511 g/mol. The summed E-state index contributed by atoms with van der Waals surface area (Å²) in [6.07, 6.45) is -3.13. The monoisotopic (exact) mass is 537 g/mol. The van der Waals surface area contributed by atoms with Crippen molar-refractivity contribution < 1.29 is 37.0 Å². The molecule has 3 amide bonds. The molecule has 198 valence electrons. The summed E-state index contributed by atoms with van der Waals surface area (Å²) in [6.45, 7) is 4.97. The fraction of sp³-hybridized carbons (Fsp3) is 0.320. The van der Waals surface area contributed by atoms with E-state index >= 15 is 0 Å². The molecule has 0 bridgehead atoms. The smallest absolute Gasteiger partial charge is 0.416 e. The van der Waals surface area contributed by atoms with Gasteiger partial charge in [0.2, 0.25) is 5.91 Å². The predicted molar refractivity (Wildman–Crippen MR) is 136 cm³/mol. The highest BCUT2D eigenvalue weighted by molar-refractivity contribution is 8.18. The van der Waals surface area contributed by atoms with Crippen molar-refractivity contribution in [1.29, 1.82) is 0 Å². The first kappa shape index (κ1) is 27.9. The van der Waals surface area contributed by atoms with Crippen molar-refractivity contribution in [2.45, 2.75) is 20.0 Å². The zero-order valence-corrected chi connectivity index (χ0v) is 21.5. The van der Waals surface area contributed by atoms with Gasteiger partial charge in [-0.05, 0) is 62.0 Å². The Bertz CT molecular complexity index is 1230. The fourth-order valence-electron chi connectivity index (χ4n) is 3.70. The van der Waals surface area contributed by atoms with Gasteiger partial charge < -0.3 is 19.7 Å². The zero-order chi connectivity index (χ0) is 27.3. The second kappa shape index (κ2) is 11.6. The van der Waals surface area contributed by atoms with Crippen LogP contribution in [0.3, 0.4) is 0 Å². The van der Waals surface area contributed by atoms with Gasteiger partial charge in [-0.1, -0.05) is 0 Å². The third-order valence-electron chi connectivity index (χ3n) is 5.61. The molecule has 1 aliphatic heterocycles. The number of halogens is 3. The van der Waals surface area contributed by atoms with Crippen molar-refractivity contribution in [2.24, 2.45) is 0 Å². The second-order valence-electron chi connectivity index (χ2n) is 7.83. The summed E-state index contributed by atoms with van der Waals surface area (Å²) in [5, 5.41) is 1.61. The van der Waals surface area contributed by atoms with E-state index < -0.39 is 35.3 Å². The summed E-state index contributed by atoms with van der Waals surface area (Å²) in [5.74, 6) is -1.06. The summed E-state index contributed by atoms with van der Waals surface area (Å²) in [7, 11) is 2.74. The van der Waals surface area contributed by atoms with Gasteiger partial charge in [-0.2, -0.15) is 13.2 Å². The van der Waals surface area contributed by atoms with Gasteiger partial charge in [0.05, 0.1) is 30.4 Å². The molecule has 37 heavy (non-hydrogen) atoms. The molecule has 1 fully saturated rings. The number of methoxy groups -OCH3 is 2. The highest BCUT2D eigenvalue weighted by Crippen LogP contribution is 2.37. The van der Waals surface area contributed by atoms with Crippen LogP contribution in [-0.2, 0) is 15.8 Å². The fourth-order valence-corrected chi connectivity index (χ4v) is 4.53. The lowest BCUT2D eigenvalue weighted by Gasteiger charge is -2.22. The van der Waals surface area contributed by atoms with Gasteiger partial charge in [0.25, 0.3) is 11.1 Å². The van der Waals surface area contributed by atoms with Crippen LogP contribution in [0.1, 0.15) is 25.0 Å². The molecule has 0 atom stereocenters. The van der Waals surface area contributed by atoms with E-state index in [2.05, 4.69) is 10.2 Å². The van der Waals surface area contributed by atoms with Gasteiger partial charge in [-0.3, -0.25) is 19.3 Å². The number of carbonyl (C=O) groups excluding carboxylic acids is 3. The third kappa shape index (κ3) is 6.37. The maximum atomic E-state index is 13.1. The highest BCUT2D eigenvalue weighted by atomic mass is 32.2. The number of hydrogen-bond acceptors (Lipinski definition) is 7. The average molecular weight is 538 g/mol. The number of benzene rings is 2. The molecule has 2 aromatic carbocycles. The summed E-state index contributed by atoms with van der Waals surface area (Å²) in [6, 6.07) is 8.09. The molecule has 1 heterocycles. The molecule has 1 N–H and O–H groups in total. The molecule has 0 spiro atoms. The summed E-state index contributed by atoms with van der Waals surface area (Å²) < 4.78 is 49.7. The maximum Gasteiger partial charge on any atom is 0.416 e. The Morgan fingerprint density at radius 2 is 1.73 bits per heavy atom. The van der Waals surface area contributed by atoms with E-state index in [0.29, 0.717) is 23.1 Å². The highest BCUT2D eigenvalue weighted by Gasteiger charge is 2.37. The van der Waals surface area contributed by atoms with E-state index in [0.717, 1.165) is 41.9 Å². The molecule has 0 saturated carbocycles. The van der Waals surface area contributed by atoms with Crippen LogP contribution in [0.2, 0.25) is 0 Å². The molecule has 12 heteroatoms. The SMILES string of the molecule is CCN(CC)c1ccc(/C=C2\SC(=O)N(CC(=O)Nc3cc(C(F)(F)F)ccc3OC)C2=O)c(OC)c1. The number of hydrogen-bond donors (Lipinski definition) is 1. The van der Waals surface area contributed by atoms with E-state index in [9.17, 15) is 27.6 Å². The van der Waals surface area contributed by atoms with Crippen LogP contribution in [0.4, 0.5) is 29.3 Å². The van der Waals surface area contributed by atoms with E-state index in [4.69, 9.17) is 9.47 Å². The number of nitrogens with zero attached hydrogens (tertiary/aromatic N) is 2. The quantitative estimate of drug-likeness (QED) is 0.438. The Kier molecular flexibility index (Phi) is 8.74. The largest absolute Gasteiger partial charge is 0.496 e. The van der Waals surface area contributed by atoms with Crippen molar-refractivity contribution in [1.82, 2.24) is 4.90 Å². The van der Waals surface area contributed by atoms with Gasteiger partial charge in [-0.15, -0.1) is 0 Å². The first-order valence-corrected chi connectivity index (χ1v) is 12.1. The average Bonchev–Trinajstić information content (AvgIpc) is 3.12. The van der Waals surface area contributed by atoms with Crippen molar-refractivity contribution >= 4 is 46.3 Å². The van der Waals surface area contributed by atoms with Crippen LogP contribution >= 0.6 is 11.8 Å². The first-order valence-electron chi connectivity index (χ1n) is 11.3. The normalized spacial score (nSPS) is 14.8. The summed E-state index contributed by atoms with van der Waals surface area (Å²) in [5.41, 5.74) is 0.289. The molecular formula is C25H26F3N3O5S. The Balaban J connectivity index is 1.78. The number of ether oxygens (including phenoxy) is 2. The molecule has 0 unspecified atom stereocenters. The minimum atomic E-state index is -4.63. The predicted octanol–water partition coefficient (Wildman–Crippen LogP) is 5.24. The molecule has 0 aromatic heterocycles. The van der Waals surface area contributed by atoms with Crippen molar-refractivity contribution in [3.63, 3.8) is 0 Å². The van der Waals surface area contributed by atoms with E-state index in [-0.39, 0.29) is 16.3 Å². The standard InChI is InChI=1S/C25H26F3N3O5S/c1-5-30(6-2)17-9-7-15(20(13-17)36-4)11-21-23(33)31(24(34)37-21)14-22(32)29-18-12-16(25(26,27)28)8-10-19(18)35-3/h7-13H,5-6,14H2,1-4H3,(H,29,32)/b21-11-. The lowest BCUT2D eigenvalue weighted by Crippen LogP contribution is -2.36. The van der Waals surface area contributed by atoms with Crippen LogP contribution in [0.5, 0.6) is 11.5 Å². The summed E-state index contributed by atoms with van der Waals surface area (Å²) >= 11 is 0.656. The topological polar surface area (TPSA) is 88.2 Å². The van der Waals surface area contributed by atoms with Gasteiger partial charge in [0, 0.05) is 30.4 Å². The van der Waals surface area contributed by atoms with Crippen LogP contribution in [0, 0.1) is 0 Å². The number of anilines is 2. The number of rotatable bonds is 9. The molecule has 2 aromatic rings. The number of alkyl halides is 3. The Labute approximate surface area is 216 Å². The Morgan fingerprint density at radius 1 is 1.05 bits per heavy atom. The van der Waals surface area contributed by atoms with Crippen LogP contribution in [0.25, 0.3) is 6.08 Å². The lowest BCUT2D eigenvalue weighted by atomic mass is 10.1. The minimum absolute atomic E-state index is 0.00404. The van der Waals surface area contributed by atoms with Crippen molar-refractivity contribution in [3.8, 4) is 11.5 Å². The number of amides is 3. The molecule has 1 aliphatic rings. The van der Waals surface area contributed by atoms with Crippen LogP contribution in [0.15, 0.2) is 41.3 Å². The molecule has 8 nitrogen and oxygen atoms in total. The summed E-state index contributed by atoms with van der Waals surface area (Å²) in [4.78, 5) is 40.9. The van der Waals surface area contributed by atoms with Gasteiger partial charge in [-0.25, -0.2) is 0 Å². The number of imide groups is 1. The van der Waals surface area contributed by atoms with Gasteiger partial charge in [0.1, 0.15) is 18.0 Å². The third-order valence-corrected chi connectivity index (χ3v) is 6.52. The van der Waals surface area contributed by atoms with Crippen molar-refractivity contribution in [3.05, 3.63) is 52.4 Å². The second-order valence-corrected chi connectivity index (χ2v) is 8.82. The Morgan fingerprint density at radius 3 is 2.32 bits per heavy atom. The van der Waals surface area contributed by atoms with Crippen LogP contribution < -0.4 is 19.7 Å². The van der Waals surface area contributed by atoms with Crippen LogP contribution in [-0.4, -0.2) is 55.8 Å². The molecule has 3 rings (SSSR count). The Hall–Kier alpha value is -3.67. The molecule has 0 aliphatic carbocycles.